The highest BCUT2D eigenvalue weighted by Crippen LogP contribution is 2.44. The molecule has 184 valence electrons. The first-order chi connectivity index (χ1) is 16.8. The Bertz CT molecular complexity index is 1220. The topological polar surface area (TPSA) is 92.8 Å². The molecule has 2 heterocycles. The van der Waals surface area contributed by atoms with Gasteiger partial charge in [-0.3, -0.25) is 4.79 Å². The lowest BCUT2D eigenvalue weighted by molar-refractivity contribution is -0.113. The number of carbonyl (C=O) groups excluding carboxylic acids is 1. The zero-order valence-electron chi connectivity index (χ0n) is 20.6. The first-order valence-corrected chi connectivity index (χ1v) is 13.7. The number of hydrogen-bond acceptors (Lipinski definition) is 7. The standard InChI is InChI=1S/C26H31N5O2S2/c1-5-31-22(15-33-18-9-7-6-8-10-18)29-30-25(31)34-16-23(32)28-24-20(14-27)19-12-11-17(26(2,3)4)13-21(19)35-24/h6-10,17H,5,11-13,15-16H2,1-4H3,(H,28,32)/t17-/m0/s1. The van der Waals surface area contributed by atoms with Gasteiger partial charge in [-0.1, -0.05) is 50.7 Å². The van der Waals surface area contributed by atoms with Crippen LogP contribution in [-0.4, -0.2) is 26.4 Å². The van der Waals surface area contributed by atoms with Crippen molar-refractivity contribution in [2.75, 3.05) is 11.1 Å². The lowest BCUT2D eigenvalue weighted by Gasteiger charge is -2.33. The van der Waals surface area contributed by atoms with Gasteiger partial charge >= 0.3 is 0 Å². The smallest absolute Gasteiger partial charge is 0.235 e. The van der Waals surface area contributed by atoms with Crippen molar-refractivity contribution in [1.82, 2.24) is 14.8 Å². The molecule has 9 heteroatoms. The molecule has 7 nitrogen and oxygen atoms in total. The number of hydrogen-bond donors (Lipinski definition) is 1. The summed E-state index contributed by atoms with van der Waals surface area (Å²) < 4.78 is 7.76. The summed E-state index contributed by atoms with van der Waals surface area (Å²) in [6.07, 6.45) is 2.94. The van der Waals surface area contributed by atoms with Crippen LogP contribution in [0.1, 0.15) is 55.9 Å². The van der Waals surface area contributed by atoms with E-state index in [1.165, 1.54) is 16.6 Å². The Morgan fingerprint density at radius 3 is 2.77 bits per heavy atom. The number of thiophene rings is 1. The Morgan fingerprint density at radius 1 is 1.31 bits per heavy atom. The summed E-state index contributed by atoms with van der Waals surface area (Å²) in [4.78, 5) is 14.0. The SMILES string of the molecule is CCn1c(COc2ccccc2)nnc1SCC(=O)Nc1sc2c(c1C#N)CC[C@H](C(C)(C)C)C2. The van der Waals surface area contributed by atoms with Crippen LogP contribution in [0.25, 0.3) is 0 Å². The molecule has 0 unspecified atom stereocenters. The molecule has 0 fully saturated rings. The monoisotopic (exact) mass is 509 g/mol. The zero-order valence-corrected chi connectivity index (χ0v) is 22.3. The third kappa shape index (κ3) is 5.88. The minimum absolute atomic E-state index is 0.148. The number of para-hydroxylation sites is 1. The fourth-order valence-electron chi connectivity index (χ4n) is 4.34. The van der Waals surface area contributed by atoms with Crippen LogP contribution in [0.3, 0.4) is 0 Å². The van der Waals surface area contributed by atoms with Crippen LogP contribution < -0.4 is 10.1 Å². The first kappa shape index (κ1) is 25.3. The van der Waals surface area contributed by atoms with Crippen LogP contribution in [0.15, 0.2) is 35.5 Å². The molecule has 0 bridgehead atoms. The van der Waals surface area contributed by atoms with Crippen molar-refractivity contribution in [2.45, 2.75) is 65.3 Å². The van der Waals surface area contributed by atoms with Gasteiger partial charge in [-0.2, -0.15) is 5.26 Å². The summed E-state index contributed by atoms with van der Waals surface area (Å²) in [5.74, 6) is 2.11. The molecule has 35 heavy (non-hydrogen) atoms. The van der Waals surface area contributed by atoms with Gasteiger partial charge < -0.3 is 14.6 Å². The Hall–Kier alpha value is -2.83. The van der Waals surface area contributed by atoms with Crippen molar-refractivity contribution in [2.24, 2.45) is 11.3 Å². The van der Waals surface area contributed by atoms with E-state index in [4.69, 9.17) is 4.74 Å². The summed E-state index contributed by atoms with van der Waals surface area (Å²) in [6.45, 7) is 9.82. The summed E-state index contributed by atoms with van der Waals surface area (Å²) in [5.41, 5.74) is 1.98. The van der Waals surface area contributed by atoms with Crippen molar-refractivity contribution in [3.63, 3.8) is 0 Å². The number of aromatic nitrogens is 3. The van der Waals surface area contributed by atoms with Crippen LogP contribution >= 0.6 is 23.1 Å². The average molecular weight is 510 g/mol. The molecule has 3 aromatic rings. The van der Waals surface area contributed by atoms with Gasteiger partial charge in [0.15, 0.2) is 11.0 Å². The Balaban J connectivity index is 1.38. The number of thioether (sulfide) groups is 1. The maximum atomic E-state index is 12.8. The van der Waals surface area contributed by atoms with E-state index in [0.717, 1.165) is 30.6 Å². The minimum atomic E-state index is -0.148. The molecule has 0 spiro atoms. The van der Waals surface area contributed by atoms with E-state index in [0.29, 0.717) is 40.6 Å². The fraction of sp³-hybridized carbons (Fsp3) is 0.462. The normalized spacial score (nSPS) is 15.3. The number of anilines is 1. The highest BCUT2D eigenvalue weighted by Gasteiger charge is 2.32. The number of nitriles is 1. The molecule has 0 radical (unpaired) electrons. The van der Waals surface area contributed by atoms with E-state index in [1.54, 1.807) is 11.3 Å². The van der Waals surface area contributed by atoms with Gasteiger partial charge in [0.2, 0.25) is 5.91 Å². The van der Waals surface area contributed by atoms with E-state index in [1.807, 2.05) is 41.8 Å². The number of rotatable bonds is 8. The number of ether oxygens (including phenoxy) is 1. The van der Waals surface area contributed by atoms with Gasteiger partial charge in [0, 0.05) is 11.4 Å². The molecular formula is C26H31N5O2S2. The second-order valence-corrected chi connectivity index (χ2v) is 11.8. The number of nitrogens with zero attached hydrogens (tertiary/aromatic N) is 4. The third-order valence-electron chi connectivity index (χ3n) is 6.41. The van der Waals surface area contributed by atoms with E-state index in [-0.39, 0.29) is 17.1 Å². The third-order valence-corrected chi connectivity index (χ3v) is 8.54. The van der Waals surface area contributed by atoms with E-state index in [9.17, 15) is 10.1 Å². The van der Waals surface area contributed by atoms with Crippen molar-refractivity contribution >= 4 is 34.0 Å². The summed E-state index contributed by atoms with van der Waals surface area (Å²) in [6, 6.07) is 11.9. The zero-order chi connectivity index (χ0) is 25.0. The molecule has 1 amide bonds. The fourth-order valence-corrected chi connectivity index (χ4v) is 6.45. The predicted molar refractivity (Wildman–Crippen MR) is 140 cm³/mol. The van der Waals surface area contributed by atoms with Crippen molar-refractivity contribution in [3.8, 4) is 11.8 Å². The van der Waals surface area contributed by atoms with Crippen LogP contribution in [0.2, 0.25) is 0 Å². The predicted octanol–water partition coefficient (Wildman–Crippen LogP) is 5.69. The lowest BCUT2D eigenvalue weighted by atomic mass is 9.72. The molecule has 1 N–H and O–H groups in total. The number of nitrogens with one attached hydrogen (secondary N) is 1. The van der Waals surface area contributed by atoms with Gasteiger partial charge in [-0.05, 0) is 55.2 Å². The first-order valence-electron chi connectivity index (χ1n) is 11.9. The molecule has 1 aromatic carbocycles. The molecular weight excluding hydrogens is 478 g/mol. The van der Waals surface area contributed by atoms with Gasteiger partial charge in [0.25, 0.3) is 0 Å². The van der Waals surface area contributed by atoms with E-state index in [2.05, 4.69) is 42.4 Å². The molecule has 2 aromatic heterocycles. The molecule has 1 aliphatic rings. The highest BCUT2D eigenvalue weighted by atomic mass is 32.2. The summed E-state index contributed by atoms with van der Waals surface area (Å²) >= 11 is 2.90. The number of carbonyl (C=O) groups is 1. The molecule has 4 rings (SSSR count). The van der Waals surface area contributed by atoms with Gasteiger partial charge in [-0.15, -0.1) is 21.5 Å². The quantitative estimate of drug-likeness (QED) is 0.392. The summed E-state index contributed by atoms with van der Waals surface area (Å²) in [7, 11) is 0. The van der Waals surface area contributed by atoms with Crippen LogP contribution in [0, 0.1) is 22.7 Å². The Kier molecular flexibility index (Phi) is 7.82. The van der Waals surface area contributed by atoms with Crippen molar-refractivity contribution in [3.05, 3.63) is 52.2 Å². The highest BCUT2D eigenvalue weighted by molar-refractivity contribution is 7.99. The molecule has 0 aliphatic heterocycles. The summed E-state index contributed by atoms with van der Waals surface area (Å²) in [5, 5.41) is 22.6. The van der Waals surface area contributed by atoms with Crippen molar-refractivity contribution in [1.29, 1.82) is 5.26 Å². The van der Waals surface area contributed by atoms with Crippen LogP contribution in [-0.2, 0) is 30.8 Å². The van der Waals surface area contributed by atoms with E-state index < -0.39 is 0 Å². The Labute approximate surface area is 214 Å². The van der Waals surface area contributed by atoms with Crippen molar-refractivity contribution < 1.29 is 9.53 Å². The minimum Gasteiger partial charge on any atom is -0.486 e. The Morgan fingerprint density at radius 2 is 2.09 bits per heavy atom. The molecule has 1 atom stereocenters. The molecule has 1 aliphatic carbocycles. The molecule has 0 saturated heterocycles. The number of fused-ring (bicyclic) bond motifs is 1. The van der Waals surface area contributed by atoms with Gasteiger partial charge in [0.1, 0.15) is 23.4 Å². The number of amides is 1. The molecule has 0 saturated carbocycles. The number of benzene rings is 1. The second-order valence-electron chi connectivity index (χ2n) is 9.71. The second kappa shape index (κ2) is 10.8. The van der Waals surface area contributed by atoms with E-state index >= 15 is 0 Å². The lowest BCUT2D eigenvalue weighted by Crippen LogP contribution is -2.26. The maximum absolute atomic E-state index is 12.8. The maximum Gasteiger partial charge on any atom is 0.235 e. The van der Waals surface area contributed by atoms with Crippen LogP contribution in [0.4, 0.5) is 5.00 Å². The van der Waals surface area contributed by atoms with Crippen LogP contribution in [0.5, 0.6) is 5.75 Å². The van der Waals surface area contributed by atoms with Gasteiger partial charge in [-0.25, -0.2) is 0 Å². The van der Waals surface area contributed by atoms with Gasteiger partial charge in [0.05, 0.1) is 11.3 Å². The average Bonchev–Trinajstić information content (AvgIpc) is 3.40. The largest absolute Gasteiger partial charge is 0.486 e.